The molecule has 0 saturated carbocycles. The van der Waals surface area contributed by atoms with Crippen molar-refractivity contribution in [2.24, 2.45) is 5.92 Å². The maximum absolute atomic E-state index is 11.1. The van der Waals surface area contributed by atoms with Crippen LogP contribution < -0.4 is 5.32 Å². The second-order valence-electron chi connectivity index (χ2n) is 6.09. The predicted octanol–water partition coefficient (Wildman–Crippen LogP) is 2.78. The highest BCUT2D eigenvalue weighted by molar-refractivity contribution is 5.87. The minimum absolute atomic E-state index is 0.287. The molecule has 1 aromatic heterocycles. The fourth-order valence-corrected chi connectivity index (χ4v) is 2.82. The fourth-order valence-electron chi connectivity index (χ4n) is 2.82. The van der Waals surface area contributed by atoms with Crippen molar-refractivity contribution >= 4 is 5.97 Å². The number of pyridine rings is 1. The maximum atomic E-state index is 11.1. The zero-order chi connectivity index (χ0) is 18.5. The zero-order valence-electron chi connectivity index (χ0n) is 15.5. The fraction of sp³-hybridized carbons (Fsp3) is 0.600. The normalized spacial score (nSPS) is 19.0. The molecule has 5 nitrogen and oxygen atoms in total. The number of aliphatic hydroxyl groups excluding tert-OH is 1. The van der Waals surface area contributed by atoms with Crippen molar-refractivity contribution in [3.8, 4) is 11.8 Å². The van der Waals surface area contributed by atoms with E-state index in [1.54, 1.807) is 18.3 Å². The molecule has 138 valence electrons. The molecule has 25 heavy (non-hydrogen) atoms. The van der Waals surface area contributed by atoms with Gasteiger partial charge < -0.3 is 15.2 Å². The Balaban J connectivity index is 0.000000257. The average Bonchev–Trinajstić information content (AvgIpc) is 2.67. The van der Waals surface area contributed by atoms with E-state index in [1.807, 2.05) is 6.92 Å². The summed E-state index contributed by atoms with van der Waals surface area (Å²) in [6, 6.07) is 3.75. The van der Waals surface area contributed by atoms with Gasteiger partial charge in [0.2, 0.25) is 0 Å². The van der Waals surface area contributed by atoms with Gasteiger partial charge >= 0.3 is 5.97 Å². The molecular weight excluding hydrogens is 316 g/mol. The smallest absolute Gasteiger partial charge is 0.356 e. The lowest BCUT2D eigenvalue weighted by molar-refractivity contribution is 0.0594. The van der Waals surface area contributed by atoms with E-state index in [9.17, 15) is 4.79 Å². The number of esters is 1. The third kappa shape index (κ3) is 8.15. The van der Waals surface area contributed by atoms with E-state index >= 15 is 0 Å². The number of ether oxygens (including phenoxy) is 1. The lowest BCUT2D eigenvalue weighted by Crippen LogP contribution is -2.40. The van der Waals surface area contributed by atoms with Gasteiger partial charge in [-0.25, -0.2) is 9.78 Å². The van der Waals surface area contributed by atoms with Crippen molar-refractivity contribution in [1.29, 1.82) is 0 Å². The highest BCUT2D eigenvalue weighted by Gasteiger charge is 2.19. The molecule has 2 heterocycles. The molecule has 0 bridgehead atoms. The first-order valence-corrected chi connectivity index (χ1v) is 9.02. The monoisotopic (exact) mass is 346 g/mol. The summed E-state index contributed by atoms with van der Waals surface area (Å²) in [5, 5.41) is 12.2. The van der Waals surface area contributed by atoms with Crippen LogP contribution in [0.5, 0.6) is 0 Å². The summed E-state index contributed by atoms with van der Waals surface area (Å²) in [6.07, 6.45) is 7.41. The van der Waals surface area contributed by atoms with Crippen molar-refractivity contribution in [1.82, 2.24) is 10.3 Å². The first-order chi connectivity index (χ1) is 12.1. The van der Waals surface area contributed by atoms with E-state index in [2.05, 4.69) is 33.8 Å². The van der Waals surface area contributed by atoms with E-state index in [0.29, 0.717) is 12.6 Å². The van der Waals surface area contributed by atoms with Crippen molar-refractivity contribution in [2.75, 3.05) is 20.3 Å². The number of rotatable bonds is 4. The minimum atomic E-state index is -0.440. The second kappa shape index (κ2) is 12.5. The molecule has 1 aliphatic rings. The predicted molar refractivity (Wildman–Crippen MR) is 99.3 cm³/mol. The molecule has 0 radical (unpaired) electrons. The molecule has 1 fully saturated rings. The molecular formula is C20H30N2O3. The molecule has 2 atom stereocenters. The Labute approximate surface area is 151 Å². The number of aliphatic hydroxyl groups is 1. The van der Waals surface area contributed by atoms with Gasteiger partial charge in [0, 0.05) is 24.2 Å². The second-order valence-corrected chi connectivity index (χ2v) is 6.09. The number of nitrogens with zero attached hydrogens (tertiary/aromatic N) is 1. The van der Waals surface area contributed by atoms with Crippen LogP contribution in [0, 0.1) is 17.8 Å². The highest BCUT2D eigenvalue weighted by Crippen LogP contribution is 2.20. The molecule has 1 saturated heterocycles. The van der Waals surface area contributed by atoms with E-state index < -0.39 is 5.97 Å². The van der Waals surface area contributed by atoms with E-state index in [4.69, 9.17) is 5.11 Å². The number of aromatic nitrogens is 1. The summed E-state index contributed by atoms with van der Waals surface area (Å²) in [7, 11) is 1.33. The van der Waals surface area contributed by atoms with Gasteiger partial charge in [-0.1, -0.05) is 38.5 Å². The highest BCUT2D eigenvalue weighted by atomic mass is 16.5. The molecule has 2 unspecified atom stereocenters. The van der Waals surface area contributed by atoms with Gasteiger partial charge in [0.25, 0.3) is 0 Å². The molecule has 5 heteroatoms. The van der Waals surface area contributed by atoms with Gasteiger partial charge in [0.1, 0.15) is 5.69 Å². The first-order valence-electron chi connectivity index (χ1n) is 9.02. The largest absolute Gasteiger partial charge is 0.464 e. The van der Waals surface area contributed by atoms with Gasteiger partial charge in [0.15, 0.2) is 0 Å². The SMILES string of the molecule is CCC#Cc1ccnc(C(=O)OC)c1.CCCC1CCNC(CO)C1. The van der Waals surface area contributed by atoms with Crippen molar-refractivity contribution in [3.63, 3.8) is 0 Å². The summed E-state index contributed by atoms with van der Waals surface area (Å²) in [6.45, 7) is 5.60. The maximum Gasteiger partial charge on any atom is 0.356 e. The molecule has 0 aromatic carbocycles. The van der Waals surface area contributed by atoms with Crippen LogP contribution in [0.1, 0.15) is 62.0 Å². The summed E-state index contributed by atoms with van der Waals surface area (Å²) < 4.78 is 4.55. The molecule has 2 rings (SSSR count). The number of carbonyl (C=O) groups excluding carboxylic acids is 1. The number of hydrogen-bond acceptors (Lipinski definition) is 5. The first kappa shape index (κ1) is 21.1. The Morgan fingerprint density at radius 1 is 1.48 bits per heavy atom. The average molecular weight is 346 g/mol. The van der Waals surface area contributed by atoms with Gasteiger partial charge in [-0.3, -0.25) is 0 Å². The topological polar surface area (TPSA) is 71.5 Å². The number of methoxy groups -OCH3 is 1. The number of piperidine rings is 1. The van der Waals surface area contributed by atoms with Crippen molar-refractivity contribution in [2.45, 2.75) is 52.0 Å². The molecule has 1 aliphatic heterocycles. The lowest BCUT2D eigenvalue weighted by atomic mass is 9.89. The number of hydrogen-bond donors (Lipinski definition) is 2. The summed E-state index contributed by atoms with van der Waals surface area (Å²) >= 11 is 0. The molecule has 0 amide bonds. The Bertz CT molecular complexity index is 576. The molecule has 1 aromatic rings. The van der Waals surface area contributed by atoms with Gasteiger partial charge in [-0.15, -0.1) is 0 Å². The molecule has 0 aliphatic carbocycles. The van der Waals surface area contributed by atoms with E-state index in [-0.39, 0.29) is 5.69 Å². The van der Waals surface area contributed by atoms with Gasteiger partial charge in [-0.2, -0.15) is 0 Å². The van der Waals surface area contributed by atoms with Gasteiger partial charge in [-0.05, 0) is 37.4 Å². The third-order valence-corrected chi connectivity index (χ3v) is 4.08. The lowest BCUT2D eigenvalue weighted by Gasteiger charge is -2.28. The standard InChI is InChI=1S/C11H11NO2.C9H19NO/c1-3-4-5-9-6-7-12-10(8-9)11(13)14-2;1-2-3-8-4-5-10-9(6-8)7-11/h6-8H,3H2,1-2H3;8-11H,2-7H2,1H3. The molecule has 0 spiro atoms. The van der Waals surface area contributed by atoms with Gasteiger partial charge in [0.05, 0.1) is 13.7 Å². The van der Waals surface area contributed by atoms with Crippen LogP contribution in [-0.2, 0) is 4.74 Å². The van der Waals surface area contributed by atoms with Crippen molar-refractivity contribution < 1.29 is 14.6 Å². The van der Waals surface area contributed by atoms with Crippen LogP contribution in [-0.4, -0.2) is 42.4 Å². The quantitative estimate of drug-likeness (QED) is 0.648. The van der Waals surface area contributed by atoms with Crippen LogP contribution >= 0.6 is 0 Å². The Kier molecular flexibility index (Phi) is 10.5. The van der Waals surface area contributed by atoms with Crippen molar-refractivity contribution in [3.05, 3.63) is 29.6 Å². The summed E-state index contributed by atoms with van der Waals surface area (Å²) in [5.41, 5.74) is 1.07. The number of carbonyl (C=O) groups is 1. The molecule has 2 N–H and O–H groups in total. The Morgan fingerprint density at radius 3 is 2.92 bits per heavy atom. The third-order valence-electron chi connectivity index (χ3n) is 4.08. The number of nitrogens with one attached hydrogen (secondary N) is 1. The minimum Gasteiger partial charge on any atom is -0.464 e. The zero-order valence-corrected chi connectivity index (χ0v) is 15.5. The van der Waals surface area contributed by atoms with E-state index in [0.717, 1.165) is 24.4 Å². The Hall–Kier alpha value is -1.90. The van der Waals surface area contributed by atoms with Crippen LogP contribution in [0.2, 0.25) is 0 Å². The van der Waals surface area contributed by atoms with E-state index in [1.165, 1.54) is 32.8 Å². The van der Waals surface area contributed by atoms with Crippen LogP contribution in [0.3, 0.4) is 0 Å². The van der Waals surface area contributed by atoms with Crippen LogP contribution in [0.15, 0.2) is 18.3 Å². The van der Waals surface area contributed by atoms with Crippen LogP contribution in [0.25, 0.3) is 0 Å². The Morgan fingerprint density at radius 2 is 2.28 bits per heavy atom. The van der Waals surface area contributed by atoms with Crippen LogP contribution in [0.4, 0.5) is 0 Å². The summed E-state index contributed by atoms with van der Waals surface area (Å²) in [4.78, 5) is 15.0. The summed E-state index contributed by atoms with van der Waals surface area (Å²) in [5.74, 6) is 6.25.